The van der Waals surface area contributed by atoms with E-state index in [2.05, 4.69) is 36.4 Å². The minimum atomic E-state index is -0.901. The van der Waals surface area contributed by atoms with Gasteiger partial charge in [-0.15, -0.1) is 0 Å². The highest BCUT2D eigenvalue weighted by Gasteiger charge is 2.57. The molecule has 0 spiro atoms. The Balaban J connectivity index is 1.15. The van der Waals surface area contributed by atoms with E-state index in [1.165, 1.54) is 6.42 Å². The number of aliphatic hydroxyl groups excluding tert-OH is 2. The number of carbonyl (C=O) groups excluding carboxylic acids is 2. The van der Waals surface area contributed by atoms with Gasteiger partial charge in [0.25, 0.3) is 5.91 Å². The lowest BCUT2D eigenvalue weighted by Gasteiger charge is -2.62. The fourth-order valence-corrected chi connectivity index (χ4v) is 9.49. The van der Waals surface area contributed by atoms with Gasteiger partial charge in [-0.25, -0.2) is 0 Å². The molecule has 0 unspecified atom stereocenters. The lowest BCUT2D eigenvalue weighted by molar-refractivity contribution is -0.183. The SMILES string of the molecule is COc1c(CN2O[C@@H](CO)[C@H]([C@H](C)O)[C@H]2C(=O)N[C@H]2C[C@H]3C[C@@H]([C@@H]2C)C3(C)C)cccc1-c1cc(C(=O)NCc2cc3ccccc3[nH]2)cc(N(C)C)c1. The maximum atomic E-state index is 14.3. The number of hydroxylamine groups is 2. The summed E-state index contributed by atoms with van der Waals surface area (Å²) in [7, 11) is 5.47. The number of aromatic amines is 1. The average molecular weight is 738 g/mol. The Morgan fingerprint density at radius 1 is 1.09 bits per heavy atom. The first-order valence-electron chi connectivity index (χ1n) is 19.2. The van der Waals surface area contributed by atoms with Crippen LogP contribution in [0.2, 0.25) is 0 Å². The van der Waals surface area contributed by atoms with Crippen LogP contribution in [0.1, 0.15) is 62.2 Å². The van der Waals surface area contributed by atoms with Gasteiger partial charge in [-0.3, -0.25) is 14.4 Å². The van der Waals surface area contributed by atoms with Crippen LogP contribution in [0.3, 0.4) is 0 Å². The molecule has 3 saturated carbocycles. The summed E-state index contributed by atoms with van der Waals surface area (Å²) in [6.07, 6.45) is 0.472. The van der Waals surface area contributed by atoms with Gasteiger partial charge in [-0.05, 0) is 84.2 Å². The molecule has 5 N–H and O–H groups in total. The van der Waals surface area contributed by atoms with Crippen LogP contribution < -0.4 is 20.3 Å². The number of methoxy groups -OCH3 is 1. The topological polar surface area (TPSA) is 139 Å². The highest BCUT2D eigenvalue weighted by Crippen LogP contribution is 2.61. The van der Waals surface area contributed by atoms with E-state index < -0.39 is 24.2 Å². The second-order valence-corrected chi connectivity index (χ2v) is 16.5. The summed E-state index contributed by atoms with van der Waals surface area (Å²) in [6, 6.07) is 20.8. The predicted octanol–water partition coefficient (Wildman–Crippen LogP) is 5.50. The molecule has 1 aliphatic heterocycles. The molecule has 2 heterocycles. The molecule has 4 aromatic rings. The van der Waals surface area contributed by atoms with Crippen LogP contribution in [-0.2, 0) is 22.7 Å². The molecule has 1 saturated heterocycles. The predicted molar refractivity (Wildman–Crippen MR) is 210 cm³/mol. The number of anilines is 1. The van der Waals surface area contributed by atoms with Crippen molar-refractivity contribution < 1.29 is 29.4 Å². The molecule has 3 aliphatic carbocycles. The van der Waals surface area contributed by atoms with Crippen molar-refractivity contribution >= 4 is 28.4 Å². The molecule has 11 nitrogen and oxygen atoms in total. The summed E-state index contributed by atoms with van der Waals surface area (Å²) in [4.78, 5) is 39.5. The number of rotatable bonds is 12. The Morgan fingerprint density at radius 2 is 1.87 bits per heavy atom. The normalized spacial score (nSPS) is 26.6. The Morgan fingerprint density at radius 3 is 2.54 bits per heavy atom. The van der Waals surface area contributed by atoms with Gasteiger partial charge in [0, 0.05) is 59.6 Å². The standard InChI is InChI=1S/C43H55N5O6/c1-24-34-19-30(43(34,3)4)20-36(24)46-42(52)39-38(25(2)50)37(23-49)54-48(39)22-27-12-10-13-33(40(27)53-7)28-15-29(18-32(17-28)47(5)6)41(51)44-21-31-16-26-11-8-9-14-35(26)45-31/h8-18,24-25,30,34,36-39,45,49-50H,19-23H2,1-7H3,(H,44,51)(H,46,52)/t24-,25-,30+,34-,36-,37-,38-,39-/m0/s1. The Hall–Kier alpha value is -4.42. The molecule has 2 bridgehead atoms. The number of nitrogens with zero attached hydrogens (tertiary/aromatic N) is 2. The van der Waals surface area contributed by atoms with Gasteiger partial charge in [0.05, 0.1) is 32.9 Å². The number of fused-ring (bicyclic) bond motifs is 3. The quantitative estimate of drug-likeness (QED) is 0.129. The molecule has 3 aromatic carbocycles. The number of aliphatic hydroxyl groups is 2. The fourth-order valence-electron chi connectivity index (χ4n) is 9.49. The largest absolute Gasteiger partial charge is 0.496 e. The number of para-hydroxylation sites is 2. The molecule has 1 aromatic heterocycles. The molecule has 8 rings (SSSR count). The molecule has 4 fully saturated rings. The van der Waals surface area contributed by atoms with Gasteiger partial charge >= 0.3 is 0 Å². The highest BCUT2D eigenvalue weighted by atomic mass is 16.7. The van der Waals surface area contributed by atoms with Crippen molar-refractivity contribution in [2.45, 2.75) is 77.9 Å². The Kier molecular flexibility index (Phi) is 10.5. The Labute approximate surface area is 318 Å². The van der Waals surface area contributed by atoms with Crippen molar-refractivity contribution in [1.29, 1.82) is 0 Å². The Bertz CT molecular complexity index is 1970. The number of hydrogen-bond acceptors (Lipinski definition) is 8. The minimum Gasteiger partial charge on any atom is -0.496 e. The summed E-state index contributed by atoms with van der Waals surface area (Å²) in [5, 5.41) is 30.4. The number of ether oxygens (including phenoxy) is 1. The molecular formula is C43H55N5O6. The van der Waals surface area contributed by atoms with Gasteiger partial charge in [-0.2, -0.15) is 5.06 Å². The summed E-state index contributed by atoms with van der Waals surface area (Å²) in [5.41, 5.74) is 5.87. The fraction of sp³-hybridized carbons (Fsp3) is 0.488. The van der Waals surface area contributed by atoms with Crippen molar-refractivity contribution in [3.8, 4) is 16.9 Å². The molecule has 54 heavy (non-hydrogen) atoms. The van der Waals surface area contributed by atoms with E-state index in [0.29, 0.717) is 35.6 Å². The zero-order chi connectivity index (χ0) is 38.5. The summed E-state index contributed by atoms with van der Waals surface area (Å²) < 4.78 is 6.07. The van der Waals surface area contributed by atoms with Gasteiger partial charge in [0.2, 0.25) is 5.91 Å². The van der Waals surface area contributed by atoms with Crippen molar-refractivity contribution in [3.63, 3.8) is 0 Å². The van der Waals surface area contributed by atoms with Crippen LogP contribution in [0.25, 0.3) is 22.0 Å². The smallest absolute Gasteiger partial charge is 0.251 e. The number of aromatic nitrogens is 1. The van der Waals surface area contributed by atoms with Crippen LogP contribution in [0.4, 0.5) is 5.69 Å². The van der Waals surface area contributed by atoms with Gasteiger partial charge in [0.1, 0.15) is 17.9 Å². The van der Waals surface area contributed by atoms with Crippen molar-refractivity contribution in [1.82, 2.24) is 20.7 Å². The van der Waals surface area contributed by atoms with Gasteiger partial charge in [0.15, 0.2) is 0 Å². The van der Waals surface area contributed by atoms with Crippen LogP contribution in [-0.4, -0.2) is 84.2 Å². The number of nitrogens with one attached hydrogen (secondary N) is 3. The molecule has 4 aliphatic rings. The third-order valence-corrected chi connectivity index (χ3v) is 12.7. The van der Waals surface area contributed by atoms with E-state index in [0.717, 1.165) is 45.4 Å². The third kappa shape index (κ3) is 6.98. The first-order chi connectivity index (χ1) is 25.8. The summed E-state index contributed by atoms with van der Waals surface area (Å²) >= 11 is 0. The third-order valence-electron chi connectivity index (χ3n) is 12.7. The number of amides is 2. The second-order valence-electron chi connectivity index (χ2n) is 16.5. The van der Waals surface area contributed by atoms with E-state index >= 15 is 0 Å². The maximum absolute atomic E-state index is 14.3. The molecule has 0 radical (unpaired) electrons. The van der Waals surface area contributed by atoms with Crippen molar-refractivity contribution in [2.24, 2.45) is 29.1 Å². The van der Waals surface area contributed by atoms with Crippen LogP contribution in [0.5, 0.6) is 5.75 Å². The van der Waals surface area contributed by atoms with Gasteiger partial charge < -0.3 is 35.5 Å². The lowest BCUT2D eigenvalue weighted by Crippen LogP contribution is -2.62. The van der Waals surface area contributed by atoms with E-state index in [9.17, 15) is 19.8 Å². The molecule has 288 valence electrons. The van der Waals surface area contributed by atoms with E-state index in [4.69, 9.17) is 9.57 Å². The maximum Gasteiger partial charge on any atom is 0.251 e. The van der Waals surface area contributed by atoms with Crippen LogP contribution in [0, 0.1) is 29.1 Å². The zero-order valence-corrected chi connectivity index (χ0v) is 32.4. The first-order valence-corrected chi connectivity index (χ1v) is 19.2. The number of benzene rings is 3. The van der Waals surface area contributed by atoms with Crippen molar-refractivity contribution in [3.05, 3.63) is 83.6 Å². The second kappa shape index (κ2) is 15.0. The summed E-state index contributed by atoms with van der Waals surface area (Å²) in [5.74, 6) is 0.978. The number of H-pyrrole nitrogens is 1. The van der Waals surface area contributed by atoms with Crippen LogP contribution >= 0.6 is 0 Å². The first kappa shape index (κ1) is 37.9. The molecule has 8 atom stereocenters. The number of hydrogen-bond donors (Lipinski definition) is 5. The van der Waals surface area contributed by atoms with E-state index in [1.54, 1.807) is 19.1 Å². The average Bonchev–Trinajstić information content (AvgIpc) is 3.75. The van der Waals surface area contributed by atoms with Crippen LogP contribution in [0.15, 0.2) is 66.7 Å². The van der Waals surface area contributed by atoms with E-state index in [-0.39, 0.29) is 36.4 Å². The lowest BCUT2D eigenvalue weighted by atomic mass is 9.45. The summed E-state index contributed by atoms with van der Waals surface area (Å²) in [6.45, 7) is 8.73. The minimum absolute atomic E-state index is 0.0367. The zero-order valence-electron chi connectivity index (χ0n) is 32.4. The van der Waals surface area contributed by atoms with Gasteiger partial charge in [-0.1, -0.05) is 57.2 Å². The van der Waals surface area contributed by atoms with E-state index in [1.807, 2.05) is 85.7 Å². The number of carbonyl (C=O) groups is 2. The molecular weight excluding hydrogens is 683 g/mol. The molecule has 11 heteroatoms. The monoisotopic (exact) mass is 737 g/mol. The molecule has 2 amide bonds. The van der Waals surface area contributed by atoms with Crippen molar-refractivity contribution in [2.75, 3.05) is 32.7 Å². The highest BCUT2D eigenvalue weighted by molar-refractivity contribution is 5.97.